The summed E-state index contributed by atoms with van der Waals surface area (Å²) in [6.07, 6.45) is 0. The van der Waals surface area contributed by atoms with Gasteiger partial charge in [0.2, 0.25) is 0 Å². The van der Waals surface area contributed by atoms with Gasteiger partial charge in [-0.25, -0.2) is 0 Å². The third-order valence-corrected chi connectivity index (χ3v) is 11.0. The van der Waals surface area contributed by atoms with Crippen molar-refractivity contribution in [3.63, 3.8) is 0 Å². The second-order valence-corrected chi connectivity index (χ2v) is 14.0. The molecule has 3 heterocycles. The van der Waals surface area contributed by atoms with Crippen LogP contribution in [0.4, 0.5) is 0 Å². The monoisotopic (exact) mass is 737 g/mol. The highest BCUT2D eigenvalue weighted by Crippen LogP contribution is 2.44. The van der Waals surface area contributed by atoms with Gasteiger partial charge in [0.05, 0.1) is 55.2 Å². The second kappa shape index (κ2) is 12.5. The standard InChI is InChI=1S/C54H35N3/c1-3-16-36(17-4-1)37-18-15-21-40(34-37)56-49-28-13-8-23-42(49)44-31-33-52-53(54(44)56)45-25-10-14-29-50(45)57(52)47-26-11-7-22-41(47)38-30-32-51-46(35-38)43-24-9-12-27-48(43)55(51)39-19-5-2-6-20-39/h1-35H/i2D,5D,6D,9D,12D,19D,20D,24D,27D,30D,32D,35D. The number of nitrogens with zero attached hydrogens (tertiary/aromatic N) is 3. The predicted molar refractivity (Wildman–Crippen MR) is 240 cm³/mol. The topological polar surface area (TPSA) is 14.8 Å². The number of fused-ring (bicyclic) bond motifs is 10. The molecule has 0 aliphatic carbocycles. The smallest absolute Gasteiger partial charge is 0.0645 e. The zero-order valence-corrected chi connectivity index (χ0v) is 30.1. The maximum atomic E-state index is 10.0. The van der Waals surface area contributed by atoms with Crippen LogP contribution in [-0.2, 0) is 0 Å². The summed E-state index contributed by atoms with van der Waals surface area (Å²) < 4.78 is 114. The first-order valence-electron chi connectivity index (χ1n) is 24.6. The zero-order valence-electron chi connectivity index (χ0n) is 42.1. The lowest BCUT2D eigenvalue weighted by Gasteiger charge is -2.15. The van der Waals surface area contributed by atoms with Gasteiger partial charge in [0, 0.05) is 49.3 Å². The van der Waals surface area contributed by atoms with Crippen molar-refractivity contribution in [3.05, 3.63) is 212 Å². The zero-order chi connectivity index (χ0) is 47.9. The molecule has 3 heteroatoms. The van der Waals surface area contributed by atoms with E-state index in [-0.39, 0.29) is 33.4 Å². The van der Waals surface area contributed by atoms with E-state index in [1.165, 1.54) is 0 Å². The van der Waals surface area contributed by atoms with Crippen LogP contribution in [0, 0.1) is 0 Å². The first-order valence-corrected chi connectivity index (χ1v) is 18.6. The molecule has 0 saturated carbocycles. The molecule has 9 aromatic carbocycles. The molecule has 0 bridgehead atoms. The van der Waals surface area contributed by atoms with Crippen LogP contribution in [0.15, 0.2) is 212 Å². The van der Waals surface area contributed by atoms with Gasteiger partial charge in [0.1, 0.15) is 0 Å². The lowest BCUT2D eigenvalue weighted by Crippen LogP contribution is -1.98. The summed E-state index contributed by atoms with van der Waals surface area (Å²) in [7, 11) is 0. The maximum Gasteiger partial charge on any atom is 0.0645 e. The van der Waals surface area contributed by atoms with Gasteiger partial charge >= 0.3 is 0 Å². The van der Waals surface area contributed by atoms with Gasteiger partial charge in [0.15, 0.2) is 0 Å². The molecule has 0 N–H and O–H groups in total. The van der Waals surface area contributed by atoms with Gasteiger partial charge in [-0.3, -0.25) is 0 Å². The van der Waals surface area contributed by atoms with Crippen LogP contribution in [-0.4, -0.2) is 13.7 Å². The van der Waals surface area contributed by atoms with Crippen LogP contribution >= 0.6 is 0 Å². The van der Waals surface area contributed by atoms with E-state index in [0.29, 0.717) is 11.3 Å². The van der Waals surface area contributed by atoms with Crippen molar-refractivity contribution in [2.24, 2.45) is 0 Å². The minimum Gasteiger partial charge on any atom is -0.309 e. The van der Waals surface area contributed by atoms with Crippen molar-refractivity contribution in [2.45, 2.75) is 0 Å². The number of hydrogen-bond donors (Lipinski definition) is 0. The lowest BCUT2D eigenvalue weighted by molar-refractivity contribution is 1.17. The van der Waals surface area contributed by atoms with E-state index in [4.69, 9.17) is 11.0 Å². The van der Waals surface area contributed by atoms with Gasteiger partial charge < -0.3 is 13.7 Å². The summed E-state index contributed by atoms with van der Waals surface area (Å²) in [5.74, 6) is 0. The number of hydrogen-bond acceptors (Lipinski definition) is 0. The average Bonchev–Trinajstić information content (AvgIpc) is 4.03. The highest BCUT2D eigenvalue weighted by Gasteiger charge is 2.22. The fraction of sp³-hybridized carbons (Fsp3) is 0. The van der Waals surface area contributed by atoms with Gasteiger partial charge in [-0.2, -0.15) is 0 Å². The summed E-state index contributed by atoms with van der Waals surface area (Å²) >= 11 is 0. The van der Waals surface area contributed by atoms with Gasteiger partial charge in [-0.1, -0.05) is 145 Å². The minimum atomic E-state index is -0.694. The molecule has 266 valence electrons. The lowest BCUT2D eigenvalue weighted by atomic mass is 10.0. The van der Waals surface area contributed by atoms with Crippen molar-refractivity contribution in [1.29, 1.82) is 0 Å². The minimum absolute atomic E-state index is 0.00877. The highest BCUT2D eigenvalue weighted by atomic mass is 15.0. The molecule has 0 saturated heterocycles. The molecule has 0 atom stereocenters. The summed E-state index contributed by atoms with van der Waals surface area (Å²) in [5.41, 5.74) is 6.79. The first-order chi connectivity index (χ1) is 33.3. The Hall–Kier alpha value is -7.62. The Bertz CT molecular complexity index is 4200. The van der Waals surface area contributed by atoms with Crippen molar-refractivity contribution in [2.75, 3.05) is 0 Å². The molecule has 57 heavy (non-hydrogen) atoms. The molecular weight excluding hydrogens is 691 g/mol. The molecule has 3 nitrogen and oxygen atoms in total. The Kier molecular flexibility index (Phi) is 4.82. The third kappa shape index (κ3) is 4.73. The molecular formula is C54H35N3. The van der Waals surface area contributed by atoms with Crippen LogP contribution in [0.1, 0.15) is 16.4 Å². The van der Waals surface area contributed by atoms with E-state index in [0.717, 1.165) is 65.0 Å². The quantitative estimate of drug-likeness (QED) is 0.167. The summed E-state index contributed by atoms with van der Waals surface area (Å²) in [6.45, 7) is 0. The summed E-state index contributed by atoms with van der Waals surface area (Å²) in [6, 6.07) is 39.5. The fourth-order valence-corrected chi connectivity index (χ4v) is 8.60. The Labute approximate surface area is 346 Å². The molecule has 0 amide bonds. The Morgan fingerprint density at radius 3 is 1.93 bits per heavy atom. The molecule has 12 aromatic rings. The molecule has 3 aromatic heterocycles. The predicted octanol–water partition coefficient (Wildman–Crippen LogP) is 14.3. The van der Waals surface area contributed by atoms with Gasteiger partial charge in [0.25, 0.3) is 0 Å². The van der Waals surface area contributed by atoms with E-state index in [1.807, 2.05) is 60.7 Å². The highest BCUT2D eigenvalue weighted by molar-refractivity contribution is 6.26. The van der Waals surface area contributed by atoms with E-state index < -0.39 is 72.2 Å². The maximum absolute atomic E-state index is 10.0. The number of aromatic nitrogens is 3. The second-order valence-electron chi connectivity index (χ2n) is 14.0. The summed E-state index contributed by atoms with van der Waals surface area (Å²) in [4.78, 5) is 0. The van der Waals surface area contributed by atoms with Crippen molar-refractivity contribution in [3.8, 4) is 39.3 Å². The van der Waals surface area contributed by atoms with Crippen molar-refractivity contribution < 1.29 is 16.4 Å². The van der Waals surface area contributed by atoms with E-state index in [1.54, 1.807) is 12.1 Å². The van der Waals surface area contributed by atoms with Crippen LogP contribution in [0.3, 0.4) is 0 Å². The van der Waals surface area contributed by atoms with Crippen molar-refractivity contribution in [1.82, 2.24) is 13.7 Å². The fourth-order valence-electron chi connectivity index (χ4n) is 8.60. The van der Waals surface area contributed by atoms with Crippen LogP contribution in [0.2, 0.25) is 0 Å². The third-order valence-electron chi connectivity index (χ3n) is 11.0. The van der Waals surface area contributed by atoms with E-state index in [2.05, 4.69) is 75.9 Å². The van der Waals surface area contributed by atoms with Gasteiger partial charge in [-0.15, -0.1) is 0 Å². The normalized spacial score (nSPS) is 14.8. The molecule has 0 unspecified atom stereocenters. The van der Waals surface area contributed by atoms with E-state index in [9.17, 15) is 5.48 Å². The van der Waals surface area contributed by atoms with Crippen LogP contribution in [0.25, 0.3) is 105 Å². The molecule has 12 rings (SSSR count). The Morgan fingerprint density at radius 1 is 0.351 bits per heavy atom. The molecule has 0 radical (unpaired) electrons. The SMILES string of the molecule is [2H]c1c([2H])c([2H])c(-n2c3c([2H])c([2H])c([2H])c([2H])c3c3c([2H])c(-c4ccccc4-n4c5ccccc5c5c4ccc4c6ccccc6n(-c6cccc(-c7ccccc7)c6)c45)c([2H])c([2H])c32)c([2H])c1[2H]. The molecule has 0 aliphatic heterocycles. The number of para-hydroxylation sites is 5. The first kappa shape index (κ1) is 22.1. The van der Waals surface area contributed by atoms with Crippen LogP contribution in [0.5, 0.6) is 0 Å². The number of benzene rings is 9. The van der Waals surface area contributed by atoms with E-state index >= 15 is 0 Å². The summed E-state index contributed by atoms with van der Waals surface area (Å²) in [5, 5.41) is 3.73. The Balaban J connectivity index is 1.19. The Morgan fingerprint density at radius 2 is 1.05 bits per heavy atom. The molecule has 0 spiro atoms. The molecule has 0 aliphatic rings. The average molecular weight is 738 g/mol. The van der Waals surface area contributed by atoms with Crippen molar-refractivity contribution >= 4 is 65.4 Å². The number of rotatable bonds is 5. The molecule has 0 fully saturated rings. The van der Waals surface area contributed by atoms with Crippen LogP contribution < -0.4 is 0 Å². The van der Waals surface area contributed by atoms with Gasteiger partial charge in [-0.05, 0) is 83.3 Å². The largest absolute Gasteiger partial charge is 0.309 e.